The third-order valence-corrected chi connectivity index (χ3v) is 7.03. The minimum Gasteiger partial charge on any atom is -0.493 e. The van der Waals surface area contributed by atoms with Gasteiger partial charge in [0.15, 0.2) is 17.3 Å². The number of rotatable bonds is 9. The number of fused-ring (bicyclic) bond motifs is 1. The number of nitrogens with zero attached hydrogens (tertiary/aromatic N) is 4. The summed E-state index contributed by atoms with van der Waals surface area (Å²) in [6.45, 7) is 5.20. The third kappa shape index (κ3) is 5.94. The molecule has 0 bridgehead atoms. The third-order valence-electron chi connectivity index (χ3n) is 7.03. The predicted molar refractivity (Wildman–Crippen MR) is 145 cm³/mol. The van der Waals surface area contributed by atoms with Gasteiger partial charge < -0.3 is 19.2 Å². The summed E-state index contributed by atoms with van der Waals surface area (Å²) < 4.78 is 16.9. The number of anilines is 1. The summed E-state index contributed by atoms with van der Waals surface area (Å²) in [5.41, 5.74) is 4.32. The zero-order valence-electron chi connectivity index (χ0n) is 22.2. The van der Waals surface area contributed by atoms with E-state index < -0.39 is 5.91 Å². The molecular weight excluding hydrogens is 500 g/mol. The first kappa shape index (κ1) is 26.4. The molecule has 0 saturated carbocycles. The Morgan fingerprint density at radius 2 is 1.82 bits per heavy atom. The number of furan rings is 1. The number of pyridine rings is 1. The van der Waals surface area contributed by atoms with Crippen LogP contribution in [0.15, 0.2) is 47.1 Å². The molecule has 0 aliphatic carbocycles. The quantitative estimate of drug-likeness (QED) is 0.214. The summed E-state index contributed by atoms with van der Waals surface area (Å²) in [4.78, 5) is 27.1. The molecule has 11 heteroatoms. The average Bonchev–Trinajstić information content (AvgIpc) is 3.41. The topological polar surface area (TPSA) is 135 Å². The summed E-state index contributed by atoms with van der Waals surface area (Å²) in [7, 11) is 3.25. The molecule has 1 aromatic carbocycles. The van der Waals surface area contributed by atoms with Crippen LogP contribution in [0.5, 0.6) is 11.5 Å². The molecular formula is C28H32N6O5. The Morgan fingerprint density at radius 3 is 2.46 bits per heavy atom. The van der Waals surface area contributed by atoms with Crippen molar-refractivity contribution in [3.8, 4) is 23.0 Å². The standard InChI is InChI=1S/C28H32N6O5/c1-17-4-5-24(39-17)23-11-21(20-10-25(37-2)26(38-3)12-22(20)32-23)29-13-18-6-8-34(9-7-18)16-27-30-14-19(15-31-27)28(35)33-36/h4-5,10-12,14-15,18,36H,6-9,13,16H2,1-3H3,(H,29,32)(H,33,35). The molecule has 0 spiro atoms. The molecule has 1 amide bonds. The van der Waals surface area contributed by atoms with Crippen LogP contribution >= 0.6 is 0 Å². The van der Waals surface area contributed by atoms with Gasteiger partial charge in [-0.25, -0.2) is 20.4 Å². The van der Waals surface area contributed by atoms with Gasteiger partial charge in [-0.2, -0.15) is 0 Å². The van der Waals surface area contributed by atoms with E-state index in [0.29, 0.717) is 35.5 Å². The highest BCUT2D eigenvalue weighted by Gasteiger charge is 2.21. The number of aryl methyl sites for hydroxylation is 1. The number of hydrogen-bond acceptors (Lipinski definition) is 10. The molecule has 1 saturated heterocycles. The fourth-order valence-electron chi connectivity index (χ4n) is 4.82. The van der Waals surface area contributed by atoms with E-state index in [4.69, 9.17) is 24.1 Å². The van der Waals surface area contributed by atoms with Gasteiger partial charge >= 0.3 is 0 Å². The minimum absolute atomic E-state index is 0.219. The van der Waals surface area contributed by atoms with E-state index in [1.807, 2.05) is 37.3 Å². The number of carbonyl (C=O) groups excluding carboxylic acids is 1. The van der Waals surface area contributed by atoms with E-state index in [1.54, 1.807) is 19.7 Å². The Hall–Kier alpha value is -4.22. The van der Waals surface area contributed by atoms with Gasteiger partial charge in [0.2, 0.25) is 0 Å². The fraction of sp³-hybridized carbons (Fsp3) is 0.357. The zero-order chi connectivity index (χ0) is 27.4. The molecule has 1 aliphatic rings. The van der Waals surface area contributed by atoms with E-state index in [-0.39, 0.29) is 5.56 Å². The Morgan fingerprint density at radius 1 is 1.10 bits per heavy atom. The summed E-state index contributed by atoms with van der Waals surface area (Å²) in [6.07, 6.45) is 4.91. The summed E-state index contributed by atoms with van der Waals surface area (Å²) in [5, 5.41) is 13.4. The highest BCUT2D eigenvalue weighted by atomic mass is 16.5. The molecule has 11 nitrogen and oxygen atoms in total. The van der Waals surface area contributed by atoms with Crippen molar-refractivity contribution in [3.63, 3.8) is 0 Å². The highest BCUT2D eigenvalue weighted by Crippen LogP contribution is 2.37. The molecule has 4 heterocycles. The van der Waals surface area contributed by atoms with Crippen LogP contribution in [0.1, 0.15) is 34.8 Å². The van der Waals surface area contributed by atoms with Gasteiger partial charge in [0.05, 0.1) is 31.8 Å². The maximum absolute atomic E-state index is 11.5. The Balaban J connectivity index is 1.27. The smallest absolute Gasteiger partial charge is 0.277 e. The largest absolute Gasteiger partial charge is 0.493 e. The molecule has 0 radical (unpaired) electrons. The van der Waals surface area contributed by atoms with E-state index >= 15 is 0 Å². The summed E-state index contributed by atoms with van der Waals surface area (Å²) in [6, 6.07) is 9.74. The SMILES string of the molecule is COc1cc2nc(-c3ccc(C)o3)cc(NCC3CCN(Cc4ncc(C(=O)NO)cn4)CC3)c2cc1OC. The van der Waals surface area contributed by atoms with Crippen LogP contribution in [0.3, 0.4) is 0 Å². The maximum Gasteiger partial charge on any atom is 0.277 e. The van der Waals surface area contributed by atoms with Crippen LogP contribution in [0.25, 0.3) is 22.4 Å². The fourth-order valence-corrected chi connectivity index (χ4v) is 4.82. The first-order valence-corrected chi connectivity index (χ1v) is 12.8. The van der Waals surface area contributed by atoms with Crippen LogP contribution in [0.2, 0.25) is 0 Å². The number of hydroxylamine groups is 1. The number of likely N-dealkylation sites (tertiary alicyclic amines) is 1. The Bertz CT molecular complexity index is 1450. The minimum atomic E-state index is -0.624. The van der Waals surface area contributed by atoms with Gasteiger partial charge in [0, 0.05) is 36.1 Å². The van der Waals surface area contributed by atoms with Gasteiger partial charge in [0.1, 0.15) is 17.3 Å². The maximum atomic E-state index is 11.5. The number of amides is 1. The molecule has 39 heavy (non-hydrogen) atoms. The van der Waals surface area contributed by atoms with E-state index in [2.05, 4.69) is 20.2 Å². The molecule has 0 atom stereocenters. The lowest BCUT2D eigenvalue weighted by Crippen LogP contribution is -2.35. The average molecular weight is 533 g/mol. The Labute approximate surface area is 226 Å². The molecule has 1 fully saturated rings. The first-order valence-electron chi connectivity index (χ1n) is 12.8. The normalized spacial score (nSPS) is 14.4. The van der Waals surface area contributed by atoms with Crippen LogP contribution in [0.4, 0.5) is 5.69 Å². The molecule has 204 valence electrons. The van der Waals surface area contributed by atoms with Crippen molar-refractivity contribution in [2.24, 2.45) is 5.92 Å². The molecule has 1 aliphatic heterocycles. The first-order chi connectivity index (χ1) is 19.0. The van der Waals surface area contributed by atoms with Crippen LogP contribution in [-0.2, 0) is 6.54 Å². The lowest BCUT2D eigenvalue weighted by atomic mass is 9.96. The lowest BCUT2D eigenvalue weighted by Gasteiger charge is -2.31. The lowest BCUT2D eigenvalue weighted by molar-refractivity contribution is 0.0705. The van der Waals surface area contributed by atoms with Crippen LogP contribution < -0.4 is 20.3 Å². The van der Waals surface area contributed by atoms with Gasteiger partial charge in [0.25, 0.3) is 5.91 Å². The monoisotopic (exact) mass is 532 g/mol. The Kier molecular flexibility index (Phi) is 7.89. The summed E-state index contributed by atoms with van der Waals surface area (Å²) >= 11 is 0. The number of benzene rings is 1. The van der Waals surface area contributed by atoms with Crippen molar-refractivity contribution >= 4 is 22.5 Å². The second kappa shape index (κ2) is 11.7. The van der Waals surface area contributed by atoms with E-state index in [9.17, 15) is 4.79 Å². The van der Waals surface area contributed by atoms with Crippen molar-refractivity contribution in [3.05, 3.63) is 59.9 Å². The number of carbonyl (C=O) groups is 1. The van der Waals surface area contributed by atoms with Crippen molar-refractivity contribution < 1.29 is 23.9 Å². The number of hydrogen-bond donors (Lipinski definition) is 3. The molecule has 4 aromatic rings. The second-order valence-electron chi connectivity index (χ2n) is 9.62. The highest BCUT2D eigenvalue weighted by molar-refractivity contribution is 5.95. The van der Waals surface area contributed by atoms with E-state index in [0.717, 1.165) is 60.5 Å². The second-order valence-corrected chi connectivity index (χ2v) is 9.62. The number of methoxy groups -OCH3 is 2. The number of aromatic nitrogens is 3. The van der Waals surface area contributed by atoms with Gasteiger partial charge in [-0.3, -0.25) is 14.9 Å². The number of ether oxygens (including phenoxy) is 2. The van der Waals surface area contributed by atoms with Crippen LogP contribution in [-0.4, -0.2) is 64.8 Å². The van der Waals surface area contributed by atoms with Gasteiger partial charge in [-0.05, 0) is 63.0 Å². The zero-order valence-corrected chi connectivity index (χ0v) is 22.2. The molecule has 3 aromatic heterocycles. The summed E-state index contributed by atoms with van der Waals surface area (Å²) in [5.74, 6) is 3.34. The molecule has 3 N–H and O–H groups in total. The van der Waals surface area contributed by atoms with Gasteiger partial charge in [-0.1, -0.05) is 0 Å². The van der Waals surface area contributed by atoms with Crippen LogP contribution in [0, 0.1) is 12.8 Å². The van der Waals surface area contributed by atoms with Crippen molar-refractivity contribution in [2.45, 2.75) is 26.3 Å². The number of nitrogens with one attached hydrogen (secondary N) is 2. The van der Waals surface area contributed by atoms with Crippen molar-refractivity contribution in [1.29, 1.82) is 0 Å². The van der Waals surface area contributed by atoms with Crippen molar-refractivity contribution in [1.82, 2.24) is 25.3 Å². The van der Waals surface area contributed by atoms with Gasteiger partial charge in [-0.15, -0.1) is 0 Å². The molecule has 5 rings (SSSR count). The number of piperidine rings is 1. The predicted octanol–water partition coefficient (Wildman–Crippen LogP) is 4.05. The van der Waals surface area contributed by atoms with E-state index in [1.165, 1.54) is 12.4 Å². The molecule has 0 unspecified atom stereocenters. The van der Waals surface area contributed by atoms with Crippen molar-refractivity contribution in [2.75, 3.05) is 39.2 Å².